The summed E-state index contributed by atoms with van der Waals surface area (Å²) in [6.07, 6.45) is 0. The Hall–Kier alpha value is -3.12. The van der Waals surface area contributed by atoms with Crippen LogP contribution in [0.15, 0.2) is 82.6 Å². The van der Waals surface area contributed by atoms with E-state index in [-0.39, 0.29) is 15.7 Å². The topological polar surface area (TPSA) is 72.5 Å². The zero-order valence-corrected chi connectivity index (χ0v) is 15.8. The molecule has 0 heterocycles. The van der Waals surface area contributed by atoms with Gasteiger partial charge in [0.25, 0.3) is 0 Å². The molecule has 0 aliphatic carbocycles. The lowest BCUT2D eigenvalue weighted by Crippen LogP contribution is -2.05. The molecule has 0 fully saturated rings. The molecule has 3 aromatic carbocycles. The summed E-state index contributed by atoms with van der Waals surface area (Å²) in [5.74, 6) is 0.956. The van der Waals surface area contributed by atoms with Gasteiger partial charge in [0.05, 0.1) is 9.79 Å². The average Bonchev–Trinajstić information content (AvgIpc) is 2.64. The minimum atomic E-state index is -3.56. The van der Waals surface area contributed by atoms with Crippen LogP contribution in [0.1, 0.15) is 12.5 Å². The van der Waals surface area contributed by atoms with Crippen molar-refractivity contribution in [3.8, 4) is 11.5 Å². The Morgan fingerprint density at radius 3 is 1.70 bits per heavy atom. The number of rotatable bonds is 5. The van der Waals surface area contributed by atoms with Crippen molar-refractivity contribution in [3.05, 3.63) is 78.4 Å². The predicted octanol–water partition coefficient (Wildman–Crippen LogP) is 4.58. The van der Waals surface area contributed by atoms with Crippen LogP contribution in [0.5, 0.6) is 11.5 Å². The second kappa shape index (κ2) is 7.63. The molecule has 27 heavy (non-hydrogen) atoms. The van der Waals surface area contributed by atoms with Gasteiger partial charge in [-0.05, 0) is 67.6 Å². The summed E-state index contributed by atoms with van der Waals surface area (Å²) in [5, 5.41) is 2.68. The van der Waals surface area contributed by atoms with Gasteiger partial charge in [-0.3, -0.25) is 4.79 Å². The fourth-order valence-corrected chi connectivity index (χ4v) is 3.75. The Kier molecular flexibility index (Phi) is 5.28. The molecule has 0 saturated carbocycles. The van der Waals surface area contributed by atoms with E-state index in [4.69, 9.17) is 4.74 Å². The molecule has 6 heteroatoms. The number of nitrogens with one attached hydrogen (secondary N) is 1. The van der Waals surface area contributed by atoms with E-state index in [0.29, 0.717) is 17.2 Å². The molecule has 0 bridgehead atoms. The highest BCUT2D eigenvalue weighted by atomic mass is 32.2. The molecule has 0 unspecified atom stereocenters. The molecule has 3 aromatic rings. The van der Waals surface area contributed by atoms with E-state index in [9.17, 15) is 13.2 Å². The number of carbonyl (C=O) groups excluding carboxylic acids is 1. The third-order valence-corrected chi connectivity index (χ3v) is 5.66. The van der Waals surface area contributed by atoms with E-state index >= 15 is 0 Å². The van der Waals surface area contributed by atoms with E-state index < -0.39 is 9.84 Å². The van der Waals surface area contributed by atoms with Crippen molar-refractivity contribution >= 4 is 21.4 Å². The number of aryl methyl sites for hydroxylation is 1. The molecule has 5 nitrogen and oxygen atoms in total. The van der Waals surface area contributed by atoms with Crippen LogP contribution in [0.25, 0.3) is 0 Å². The van der Waals surface area contributed by atoms with Crippen LogP contribution in [0.3, 0.4) is 0 Å². The van der Waals surface area contributed by atoms with Crippen molar-refractivity contribution < 1.29 is 17.9 Å². The summed E-state index contributed by atoms with van der Waals surface area (Å²) in [6.45, 7) is 3.35. The molecule has 0 radical (unpaired) electrons. The first-order valence-electron chi connectivity index (χ1n) is 8.32. The van der Waals surface area contributed by atoms with Gasteiger partial charge in [-0.15, -0.1) is 0 Å². The summed E-state index contributed by atoms with van der Waals surface area (Å²) >= 11 is 0. The predicted molar refractivity (Wildman–Crippen MR) is 104 cm³/mol. The van der Waals surface area contributed by atoms with Gasteiger partial charge >= 0.3 is 0 Å². The smallest absolute Gasteiger partial charge is 0.221 e. The number of anilines is 1. The van der Waals surface area contributed by atoms with Crippen molar-refractivity contribution in [2.45, 2.75) is 23.6 Å². The highest BCUT2D eigenvalue weighted by Crippen LogP contribution is 2.27. The fourth-order valence-electron chi connectivity index (χ4n) is 2.49. The minimum absolute atomic E-state index is 0.144. The molecular formula is C21H19NO4S. The molecule has 1 N–H and O–H groups in total. The lowest BCUT2D eigenvalue weighted by molar-refractivity contribution is -0.114. The van der Waals surface area contributed by atoms with Gasteiger partial charge in [0.1, 0.15) is 11.5 Å². The van der Waals surface area contributed by atoms with Gasteiger partial charge in [0.2, 0.25) is 15.7 Å². The zero-order chi connectivity index (χ0) is 19.4. The molecule has 0 saturated heterocycles. The highest BCUT2D eigenvalue weighted by molar-refractivity contribution is 7.91. The minimum Gasteiger partial charge on any atom is -0.457 e. The largest absolute Gasteiger partial charge is 0.457 e. The van der Waals surface area contributed by atoms with E-state index in [2.05, 4.69) is 5.32 Å². The number of hydrogen-bond donors (Lipinski definition) is 1. The highest BCUT2D eigenvalue weighted by Gasteiger charge is 2.17. The summed E-state index contributed by atoms with van der Waals surface area (Å²) in [7, 11) is -3.56. The Morgan fingerprint density at radius 1 is 0.778 bits per heavy atom. The molecule has 0 atom stereocenters. The lowest BCUT2D eigenvalue weighted by Gasteiger charge is -2.09. The number of hydrogen-bond acceptors (Lipinski definition) is 4. The van der Waals surface area contributed by atoms with Gasteiger partial charge in [-0.2, -0.15) is 0 Å². The molecule has 0 aromatic heterocycles. The van der Waals surface area contributed by atoms with Gasteiger partial charge < -0.3 is 10.1 Å². The Balaban J connectivity index is 1.75. The van der Waals surface area contributed by atoms with E-state index in [1.807, 2.05) is 6.92 Å². The van der Waals surface area contributed by atoms with Crippen LogP contribution in [-0.4, -0.2) is 14.3 Å². The van der Waals surface area contributed by atoms with Crippen LogP contribution in [0.4, 0.5) is 5.69 Å². The van der Waals surface area contributed by atoms with Gasteiger partial charge in [-0.1, -0.05) is 17.7 Å². The Morgan fingerprint density at radius 2 is 1.22 bits per heavy atom. The summed E-state index contributed by atoms with van der Waals surface area (Å²) in [4.78, 5) is 11.5. The molecule has 138 valence electrons. The van der Waals surface area contributed by atoms with Crippen LogP contribution in [0.2, 0.25) is 0 Å². The van der Waals surface area contributed by atoms with Gasteiger partial charge in [0.15, 0.2) is 0 Å². The van der Waals surface area contributed by atoms with Crippen LogP contribution in [0, 0.1) is 6.92 Å². The molecular weight excluding hydrogens is 362 g/mol. The van der Waals surface area contributed by atoms with E-state index in [1.54, 1.807) is 60.7 Å². The summed E-state index contributed by atoms with van der Waals surface area (Å²) in [6, 6.07) is 19.9. The lowest BCUT2D eigenvalue weighted by atomic mass is 10.2. The Labute approximate surface area is 158 Å². The average molecular weight is 381 g/mol. The number of benzene rings is 3. The first-order valence-corrected chi connectivity index (χ1v) is 9.80. The third-order valence-electron chi connectivity index (χ3n) is 3.88. The van der Waals surface area contributed by atoms with Crippen molar-refractivity contribution in [3.63, 3.8) is 0 Å². The van der Waals surface area contributed by atoms with Gasteiger partial charge in [-0.25, -0.2) is 8.42 Å². The summed E-state index contributed by atoms with van der Waals surface area (Å²) < 4.78 is 31.0. The van der Waals surface area contributed by atoms with Gasteiger partial charge in [0, 0.05) is 12.6 Å². The third kappa shape index (κ3) is 4.54. The number of sulfone groups is 1. The molecule has 1 amide bonds. The SMILES string of the molecule is CC(=O)Nc1ccc(Oc2ccc(S(=O)(=O)c3ccc(C)cc3)cc2)cc1. The van der Waals surface area contributed by atoms with Crippen LogP contribution < -0.4 is 10.1 Å². The van der Waals surface area contributed by atoms with Crippen molar-refractivity contribution in [2.24, 2.45) is 0 Å². The van der Waals surface area contributed by atoms with Crippen molar-refractivity contribution in [2.75, 3.05) is 5.32 Å². The quantitative estimate of drug-likeness (QED) is 0.702. The fraction of sp³-hybridized carbons (Fsp3) is 0.0952. The zero-order valence-electron chi connectivity index (χ0n) is 15.0. The summed E-state index contributed by atoms with van der Waals surface area (Å²) in [5.41, 5.74) is 1.68. The van der Waals surface area contributed by atoms with Crippen molar-refractivity contribution in [1.29, 1.82) is 0 Å². The number of carbonyl (C=O) groups is 1. The van der Waals surface area contributed by atoms with E-state index in [1.165, 1.54) is 19.1 Å². The second-order valence-corrected chi connectivity index (χ2v) is 8.05. The first-order chi connectivity index (χ1) is 12.8. The Bertz CT molecular complexity index is 1040. The molecule has 0 aliphatic heterocycles. The van der Waals surface area contributed by atoms with Crippen molar-refractivity contribution in [1.82, 2.24) is 0 Å². The monoisotopic (exact) mass is 381 g/mol. The number of ether oxygens (including phenoxy) is 1. The van der Waals surface area contributed by atoms with E-state index in [0.717, 1.165) is 5.56 Å². The maximum absolute atomic E-state index is 12.7. The normalized spacial score (nSPS) is 11.0. The molecule has 0 aliphatic rings. The molecule has 3 rings (SSSR count). The first kappa shape index (κ1) is 18.7. The second-order valence-electron chi connectivity index (χ2n) is 6.10. The standard InChI is InChI=1S/C21H19NO4S/c1-15-3-11-20(12-4-15)27(24,25)21-13-9-19(10-14-21)26-18-7-5-17(6-8-18)22-16(2)23/h3-14H,1-2H3,(H,22,23). The molecule has 0 spiro atoms. The van der Waals surface area contributed by atoms with Crippen LogP contribution in [-0.2, 0) is 14.6 Å². The van der Waals surface area contributed by atoms with Crippen LogP contribution >= 0.6 is 0 Å². The maximum Gasteiger partial charge on any atom is 0.221 e. The maximum atomic E-state index is 12.7. The number of amides is 1.